The van der Waals surface area contributed by atoms with E-state index in [1.807, 2.05) is 6.92 Å². The number of aliphatic carboxylic acids is 1. The van der Waals surface area contributed by atoms with E-state index in [1.54, 1.807) is 0 Å². The van der Waals surface area contributed by atoms with Crippen molar-refractivity contribution in [2.24, 2.45) is 23.2 Å². The van der Waals surface area contributed by atoms with Crippen molar-refractivity contribution in [3.05, 3.63) is 0 Å². The minimum Gasteiger partial charge on any atom is -0.481 e. The average molecular weight is 184 g/mol. The molecule has 2 nitrogen and oxygen atoms in total. The van der Waals surface area contributed by atoms with E-state index in [-0.39, 0.29) is 0 Å². The Kier molecular flexibility index (Phi) is 2.69. The molecule has 0 spiro atoms. The summed E-state index contributed by atoms with van der Waals surface area (Å²) < 4.78 is 0. The maximum Gasteiger partial charge on any atom is 0.309 e. The predicted octanol–water partition coefficient (Wildman–Crippen LogP) is 2.78. The van der Waals surface area contributed by atoms with Gasteiger partial charge in [0, 0.05) is 0 Å². The van der Waals surface area contributed by atoms with Crippen LogP contribution in [0, 0.1) is 23.2 Å². The van der Waals surface area contributed by atoms with E-state index in [1.165, 1.54) is 6.42 Å². The highest BCUT2D eigenvalue weighted by molar-refractivity contribution is 5.74. The lowest BCUT2D eigenvalue weighted by Crippen LogP contribution is -2.43. The fourth-order valence-corrected chi connectivity index (χ4v) is 2.74. The highest BCUT2D eigenvalue weighted by Crippen LogP contribution is 2.46. The van der Waals surface area contributed by atoms with Crippen molar-refractivity contribution >= 4 is 5.97 Å². The molecule has 1 saturated carbocycles. The lowest BCUT2D eigenvalue weighted by molar-refractivity contribution is -0.156. The highest BCUT2D eigenvalue weighted by Gasteiger charge is 2.45. The molecule has 0 aliphatic heterocycles. The number of carboxylic acids is 1. The molecule has 0 aromatic rings. The summed E-state index contributed by atoms with van der Waals surface area (Å²) in [6, 6.07) is 0. The molecule has 2 heteroatoms. The summed E-state index contributed by atoms with van der Waals surface area (Å²) in [6.07, 6.45) is 2.00. The highest BCUT2D eigenvalue weighted by atomic mass is 16.4. The molecule has 0 aromatic carbocycles. The van der Waals surface area contributed by atoms with Crippen LogP contribution in [0.5, 0.6) is 0 Å². The van der Waals surface area contributed by atoms with Crippen LogP contribution in [0.25, 0.3) is 0 Å². The second-order valence-electron chi connectivity index (χ2n) is 5.03. The van der Waals surface area contributed by atoms with Crippen LogP contribution < -0.4 is 0 Å². The Morgan fingerprint density at radius 1 is 1.38 bits per heavy atom. The quantitative estimate of drug-likeness (QED) is 0.680. The lowest BCUT2D eigenvalue weighted by atomic mass is 9.61. The Balaban J connectivity index is 2.88. The third-order valence-electron chi connectivity index (χ3n) is 3.89. The lowest BCUT2D eigenvalue weighted by Gasteiger charge is -2.43. The van der Waals surface area contributed by atoms with Gasteiger partial charge in [-0.05, 0) is 37.5 Å². The van der Waals surface area contributed by atoms with Gasteiger partial charge in [-0.25, -0.2) is 0 Å². The van der Waals surface area contributed by atoms with Gasteiger partial charge in [-0.15, -0.1) is 0 Å². The standard InChI is InChI=1S/C11H20O2/c1-7-5-8(2)9(3)11(4,6-7)10(12)13/h7-9H,5-6H2,1-4H3,(H,12,13). The zero-order chi connectivity index (χ0) is 10.2. The van der Waals surface area contributed by atoms with E-state index in [2.05, 4.69) is 20.8 Å². The Labute approximate surface area is 80.3 Å². The zero-order valence-corrected chi connectivity index (χ0v) is 9.00. The number of hydrogen-bond acceptors (Lipinski definition) is 1. The second kappa shape index (κ2) is 3.32. The Hall–Kier alpha value is -0.530. The van der Waals surface area contributed by atoms with Crippen molar-refractivity contribution in [1.82, 2.24) is 0 Å². The van der Waals surface area contributed by atoms with Crippen LogP contribution in [0.15, 0.2) is 0 Å². The molecule has 4 atom stereocenters. The smallest absolute Gasteiger partial charge is 0.309 e. The monoisotopic (exact) mass is 184 g/mol. The number of hydrogen-bond donors (Lipinski definition) is 1. The summed E-state index contributed by atoms with van der Waals surface area (Å²) in [4.78, 5) is 11.2. The molecule has 1 aliphatic carbocycles. The van der Waals surface area contributed by atoms with Gasteiger partial charge in [-0.1, -0.05) is 20.8 Å². The maximum atomic E-state index is 11.2. The molecule has 0 radical (unpaired) electrons. The Bertz CT molecular complexity index is 212. The third kappa shape index (κ3) is 1.72. The fraction of sp³-hybridized carbons (Fsp3) is 0.909. The van der Waals surface area contributed by atoms with Gasteiger partial charge in [0.2, 0.25) is 0 Å². The molecule has 13 heavy (non-hydrogen) atoms. The van der Waals surface area contributed by atoms with Gasteiger partial charge in [0.05, 0.1) is 5.41 Å². The van der Waals surface area contributed by atoms with Gasteiger partial charge < -0.3 is 5.11 Å². The van der Waals surface area contributed by atoms with E-state index in [0.717, 1.165) is 6.42 Å². The van der Waals surface area contributed by atoms with Crippen LogP contribution in [-0.4, -0.2) is 11.1 Å². The largest absolute Gasteiger partial charge is 0.481 e. The maximum absolute atomic E-state index is 11.2. The first-order valence-electron chi connectivity index (χ1n) is 5.11. The van der Waals surface area contributed by atoms with Gasteiger partial charge in [-0.2, -0.15) is 0 Å². The molecule has 4 unspecified atom stereocenters. The molecule has 0 amide bonds. The van der Waals surface area contributed by atoms with E-state index in [9.17, 15) is 9.90 Å². The third-order valence-corrected chi connectivity index (χ3v) is 3.89. The van der Waals surface area contributed by atoms with Gasteiger partial charge in [0.25, 0.3) is 0 Å². The molecule has 0 heterocycles. The van der Waals surface area contributed by atoms with Crippen molar-refractivity contribution in [1.29, 1.82) is 0 Å². The van der Waals surface area contributed by atoms with Crippen LogP contribution in [0.4, 0.5) is 0 Å². The summed E-state index contributed by atoms with van der Waals surface area (Å²) in [6.45, 7) is 8.29. The molecule has 1 N–H and O–H groups in total. The van der Waals surface area contributed by atoms with Gasteiger partial charge in [0.15, 0.2) is 0 Å². The van der Waals surface area contributed by atoms with Crippen molar-refractivity contribution in [3.8, 4) is 0 Å². The van der Waals surface area contributed by atoms with Gasteiger partial charge in [0.1, 0.15) is 0 Å². The summed E-state index contributed by atoms with van der Waals surface area (Å²) in [7, 11) is 0. The molecule has 1 fully saturated rings. The van der Waals surface area contributed by atoms with Gasteiger partial charge in [-0.3, -0.25) is 4.79 Å². The van der Waals surface area contributed by atoms with Crippen molar-refractivity contribution in [2.75, 3.05) is 0 Å². The minimum absolute atomic E-state index is 0.293. The molecule has 1 aliphatic rings. The summed E-state index contributed by atoms with van der Waals surface area (Å²) in [5, 5.41) is 9.20. The van der Waals surface area contributed by atoms with Crippen LogP contribution in [0.2, 0.25) is 0 Å². The van der Waals surface area contributed by atoms with Gasteiger partial charge >= 0.3 is 5.97 Å². The zero-order valence-electron chi connectivity index (χ0n) is 9.00. The SMILES string of the molecule is CC1CC(C)C(C)C(C)(C(=O)O)C1. The van der Waals surface area contributed by atoms with E-state index >= 15 is 0 Å². The fourth-order valence-electron chi connectivity index (χ4n) is 2.74. The molecule has 0 saturated heterocycles. The number of carboxylic acid groups (broad SMARTS) is 1. The first-order valence-corrected chi connectivity index (χ1v) is 5.11. The molecule has 0 aromatic heterocycles. The van der Waals surface area contributed by atoms with E-state index in [4.69, 9.17) is 0 Å². The normalized spacial score (nSPS) is 46.0. The Morgan fingerprint density at radius 3 is 2.38 bits per heavy atom. The minimum atomic E-state index is -0.626. The molecule has 76 valence electrons. The number of carbonyl (C=O) groups is 1. The van der Waals surface area contributed by atoms with Crippen LogP contribution in [-0.2, 0) is 4.79 Å². The topological polar surface area (TPSA) is 37.3 Å². The van der Waals surface area contributed by atoms with E-state index in [0.29, 0.717) is 17.8 Å². The first kappa shape index (κ1) is 10.6. The predicted molar refractivity (Wildman–Crippen MR) is 52.5 cm³/mol. The second-order valence-corrected chi connectivity index (χ2v) is 5.03. The number of rotatable bonds is 1. The summed E-state index contributed by atoms with van der Waals surface area (Å²) in [5.41, 5.74) is -0.503. The summed E-state index contributed by atoms with van der Waals surface area (Å²) in [5.74, 6) is 0.747. The van der Waals surface area contributed by atoms with Crippen molar-refractivity contribution in [3.63, 3.8) is 0 Å². The van der Waals surface area contributed by atoms with Crippen molar-refractivity contribution < 1.29 is 9.90 Å². The first-order chi connectivity index (χ1) is 5.88. The van der Waals surface area contributed by atoms with Crippen LogP contribution in [0.3, 0.4) is 0 Å². The Morgan fingerprint density at radius 2 is 1.92 bits per heavy atom. The molecule has 0 bridgehead atoms. The molecular formula is C11H20O2. The van der Waals surface area contributed by atoms with Crippen LogP contribution >= 0.6 is 0 Å². The average Bonchev–Trinajstić information content (AvgIpc) is 1.99. The molecule has 1 rings (SSSR count). The van der Waals surface area contributed by atoms with E-state index < -0.39 is 11.4 Å². The van der Waals surface area contributed by atoms with Crippen molar-refractivity contribution in [2.45, 2.75) is 40.5 Å². The summed E-state index contributed by atoms with van der Waals surface area (Å²) >= 11 is 0. The van der Waals surface area contributed by atoms with Crippen LogP contribution in [0.1, 0.15) is 40.5 Å². The molecular weight excluding hydrogens is 164 g/mol.